The first-order valence-electron chi connectivity index (χ1n) is 3.32. The number of rotatable bonds is 6. The van der Waals surface area contributed by atoms with Crippen LogP contribution in [0, 0.1) is 0 Å². The first kappa shape index (κ1) is 11.4. The van der Waals surface area contributed by atoms with Crippen LogP contribution in [0.3, 0.4) is 0 Å². The van der Waals surface area contributed by atoms with Gasteiger partial charge in [-0.05, 0) is 0 Å². The summed E-state index contributed by atoms with van der Waals surface area (Å²) in [6.07, 6.45) is 0. The van der Waals surface area contributed by atoms with E-state index in [0.29, 0.717) is 0 Å². The Morgan fingerprint density at radius 1 is 1.42 bits per heavy atom. The first-order valence-corrected chi connectivity index (χ1v) is 3.32. The number of esters is 1. The van der Waals surface area contributed by atoms with Crippen molar-refractivity contribution in [1.29, 1.82) is 0 Å². The van der Waals surface area contributed by atoms with E-state index in [-0.39, 0.29) is 26.0 Å². The van der Waals surface area contributed by atoms with Gasteiger partial charge in [-0.1, -0.05) is 0 Å². The second-order valence-electron chi connectivity index (χ2n) is 1.86. The van der Waals surface area contributed by atoms with Gasteiger partial charge in [-0.2, -0.15) is 0 Å². The Bertz CT molecular complexity index is 127. The zero-order chi connectivity index (χ0) is 9.40. The largest absolute Gasteiger partial charge is 0.635 e. The van der Waals surface area contributed by atoms with Crippen molar-refractivity contribution < 1.29 is 29.0 Å². The van der Waals surface area contributed by atoms with Crippen LogP contribution in [0.5, 0.6) is 0 Å². The minimum absolute atomic E-state index is 0.125. The first-order chi connectivity index (χ1) is 5.63. The van der Waals surface area contributed by atoms with Crippen molar-refractivity contribution in [2.24, 2.45) is 0 Å². The lowest BCUT2D eigenvalue weighted by atomic mass is 10.3. The van der Waals surface area contributed by atoms with E-state index in [4.69, 9.17) is 10.0 Å². The molecular weight excluding hydrogens is 167 g/mol. The Morgan fingerprint density at radius 3 is 2.58 bits per heavy atom. The highest BCUT2D eigenvalue weighted by atomic mass is 16.7. The van der Waals surface area contributed by atoms with Crippen LogP contribution in [0.15, 0.2) is 0 Å². The third-order valence-corrected chi connectivity index (χ3v) is 0.833. The highest BCUT2D eigenvalue weighted by Crippen LogP contribution is 1.81. The predicted octanol–water partition coefficient (Wildman–Crippen LogP) is -1.49. The molecule has 0 amide bonds. The van der Waals surface area contributed by atoms with Gasteiger partial charge < -0.3 is 24.2 Å². The number of hydrogen-bond donors (Lipinski definition) is 2. The average Bonchev–Trinajstić information content (AvgIpc) is 1.95. The predicted molar refractivity (Wildman–Crippen MR) is 38.7 cm³/mol. The Hall–Kier alpha value is -0.625. The summed E-state index contributed by atoms with van der Waals surface area (Å²) >= 11 is 0. The van der Waals surface area contributed by atoms with E-state index in [1.165, 1.54) is 6.92 Å². The molecule has 0 aromatic heterocycles. The van der Waals surface area contributed by atoms with Crippen LogP contribution in [0.2, 0.25) is 0 Å². The molecule has 0 heterocycles. The van der Waals surface area contributed by atoms with Crippen molar-refractivity contribution >= 4 is 13.3 Å². The maximum absolute atomic E-state index is 10.2. The van der Waals surface area contributed by atoms with Crippen molar-refractivity contribution in [1.82, 2.24) is 0 Å². The molecular formula is C5H11BO6. The Balaban J connectivity index is 2.96. The fraction of sp³-hybridized carbons (Fsp3) is 0.800. The van der Waals surface area contributed by atoms with Gasteiger partial charge in [0, 0.05) is 6.92 Å². The third kappa shape index (κ3) is 9.37. The van der Waals surface area contributed by atoms with Crippen LogP contribution in [0.4, 0.5) is 0 Å². The Morgan fingerprint density at radius 2 is 2.08 bits per heavy atom. The van der Waals surface area contributed by atoms with Crippen LogP contribution in [-0.4, -0.2) is 43.3 Å². The molecule has 0 saturated carbocycles. The monoisotopic (exact) mass is 178 g/mol. The second-order valence-corrected chi connectivity index (χ2v) is 1.86. The highest BCUT2D eigenvalue weighted by molar-refractivity contribution is 6.32. The highest BCUT2D eigenvalue weighted by Gasteiger charge is 2.06. The van der Waals surface area contributed by atoms with Crippen LogP contribution in [-0.2, 0) is 18.9 Å². The van der Waals surface area contributed by atoms with Gasteiger partial charge in [0.05, 0.1) is 6.61 Å². The van der Waals surface area contributed by atoms with E-state index in [1.54, 1.807) is 0 Å². The van der Waals surface area contributed by atoms with Gasteiger partial charge >= 0.3 is 13.3 Å². The quantitative estimate of drug-likeness (QED) is 0.223. The summed E-state index contributed by atoms with van der Waals surface area (Å²) < 4.78 is 13.4. The summed E-state index contributed by atoms with van der Waals surface area (Å²) in [5, 5.41) is 16.3. The maximum Gasteiger partial charge on any atom is 0.635 e. The summed E-state index contributed by atoms with van der Waals surface area (Å²) in [5.41, 5.74) is 0. The molecule has 0 rings (SSSR count). The van der Waals surface area contributed by atoms with E-state index >= 15 is 0 Å². The topological polar surface area (TPSA) is 85.2 Å². The average molecular weight is 178 g/mol. The lowest BCUT2D eigenvalue weighted by molar-refractivity contribution is -0.143. The fourth-order valence-electron chi connectivity index (χ4n) is 0.412. The third-order valence-electron chi connectivity index (χ3n) is 0.833. The Labute approximate surface area is 70.2 Å². The molecule has 0 aromatic rings. The molecule has 0 bridgehead atoms. The van der Waals surface area contributed by atoms with Gasteiger partial charge in [-0.3, -0.25) is 4.79 Å². The number of carbonyl (C=O) groups excluding carboxylic acids is 1. The van der Waals surface area contributed by atoms with Crippen molar-refractivity contribution in [2.75, 3.05) is 20.0 Å². The minimum atomic E-state index is -1.83. The zero-order valence-electron chi connectivity index (χ0n) is 6.73. The van der Waals surface area contributed by atoms with Crippen molar-refractivity contribution in [2.45, 2.75) is 6.92 Å². The Kier molecular flexibility index (Phi) is 6.68. The van der Waals surface area contributed by atoms with Gasteiger partial charge in [-0.25, -0.2) is 0 Å². The summed E-state index contributed by atoms with van der Waals surface area (Å²) in [6, 6.07) is 0. The molecule has 70 valence electrons. The normalized spacial score (nSPS) is 9.58. The standard InChI is InChI=1S/C5H11BO6/c1-5(7)11-3-2-10-4-12-6(8)9/h8-9H,2-4H2,1H3. The van der Waals surface area contributed by atoms with Crippen LogP contribution in [0.1, 0.15) is 6.92 Å². The molecule has 0 aromatic carbocycles. The van der Waals surface area contributed by atoms with Crippen LogP contribution >= 0.6 is 0 Å². The van der Waals surface area contributed by atoms with Crippen molar-refractivity contribution in [3.8, 4) is 0 Å². The van der Waals surface area contributed by atoms with E-state index in [2.05, 4.69) is 14.1 Å². The molecule has 0 fully saturated rings. The molecule has 12 heavy (non-hydrogen) atoms. The fourth-order valence-corrected chi connectivity index (χ4v) is 0.412. The van der Waals surface area contributed by atoms with Crippen molar-refractivity contribution in [3.63, 3.8) is 0 Å². The second kappa shape index (κ2) is 7.05. The van der Waals surface area contributed by atoms with Gasteiger partial charge in [-0.15, -0.1) is 0 Å². The molecule has 0 radical (unpaired) electrons. The van der Waals surface area contributed by atoms with Gasteiger partial charge in [0.2, 0.25) is 0 Å². The molecule has 0 saturated heterocycles. The van der Waals surface area contributed by atoms with Gasteiger partial charge in [0.25, 0.3) is 0 Å². The number of hydrogen-bond acceptors (Lipinski definition) is 6. The van der Waals surface area contributed by atoms with E-state index in [0.717, 1.165) is 0 Å². The molecule has 2 N–H and O–H groups in total. The molecule has 0 spiro atoms. The summed E-state index contributed by atoms with van der Waals surface area (Å²) in [4.78, 5) is 10.2. The maximum atomic E-state index is 10.2. The SMILES string of the molecule is CC(=O)OCCOCOB(O)O. The van der Waals surface area contributed by atoms with E-state index < -0.39 is 7.32 Å². The molecule has 0 unspecified atom stereocenters. The summed E-state index contributed by atoms with van der Waals surface area (Å²) in [5.74, 6) is -0.387. The smallest absolute Gasteiger partial charge is 0.463 e. The molecule has 0 aliphatic carbocycles. The van der Waals surface area contributed by atoms with Crippen molar-refractivity contribution in [3.05, 3.63) is 0 Å². The molecule has 6 nitrogen and oxygen atoms in total. The van der Waals surface area contributed by atoms with E-state index in [1.807, 2.05) is 0 Å². The van der Waals surface area contributed by atoms with Crippen LogP contribution < -0.4 is 0 Å². The minimum Gasteiger partial charge on any atom is -0.463 e. The molecule has 0 aliphatic rings. The molecule has 0 aliphatic heterocycles. The van der Waals surface area contributed by atoms with Gasteiger partial charge in [0.1, 0.15) is 13.4 Å². The summed E-state index contributed by atoms with van der Waals surface area (Å²) in [7, 11) is -1.83. The zero-order valence-corrected chi connectivity index (χ0v) is 6.73. The van der Waals surface area contributed by atoms with Gasteiger partial charge in [0.15, 0.2) is 0 Å². The van der Waals surface area contributed by atoms with E-state index in [9.17, 15) is 4.79 Å². The lowest BCUT2D eigenvalue weighted by Crippen LogP contribution is -2.20. The molecule has 0 atom stereocenters. The number of carbonyl (C=O) groups is 1. The summed E-state index contributed by atoms with van der Waals surface area (Å²) in [6.45, 7) is 1.32. The van der Waals surface area contributed by atoms with Crippen LogP contribution in [0.25, 0.3) is 0 Å². The number of ether oxygens (including phenoxy) is 2. The molecule has 7 heteroatoms. The lowest BCUT2D eigenvalue weighted by Gasteiger charge is -2.04.